The summed E-state index contributed by atoms with van der Waals surface area (Å²) >= 11 is 0. The maximum absolute atomic E-state index is 10.8. The third kappa shape index (κ3) is 2.25. The Kier molecular flexibility index (Phi) is 2.78. The van der Waals surface area contributed by atoms with Gasteiger partial charge in [0.2, 0.25) is 0 Å². The molecule has 1 heterocycles. The number of carboxylic acids is 1. The minimum absolute atomic E-state index is 0.0195. The Morgan fingerprint density at radius 3 is 2.88 bits per heavy atom. The molecule has 3 N–H and O–H groups in total. The fourth-order valence-electron chi connectivity index (χ4n) is 1.57. The van der Waals surface area contributed by atoms with E-state index >= 15 is 0 Å². The number of rotatable bonds is 3. The van der Waals surface area contributed by atoms with E-state index in [4.69, 9.17) is 10.8 Å². The molecule has 0 bridgehead atoms. The summed E-state index contributed by atoms with van der Waals surface area (Å²) < 4.78 is 1.54. The normalized spacial score (nSPS) is 10.4. The molecule has 0 aliphatic heterocycles. The van der Waals surface area contributed by atoms with Crippen molar-refractivity contribution in [3.63, 3.8) is 0 Å². The third-order valence-corrected chi connectivity index (χ3v) is 2.47. The molecule has 0 unspecified atom stereocenters. The summed E-state index contributed by atoms with van der Waals surface area (Å²) in [6.07, 6.45) is 0. The van der Waals surface area contributed by atoms with Crippen molar-refractivity contribution >= 4 is 11.7 Å². The van der Waals surface area contributed by atoms with Crippen LogP contribution in [-0.2, 0) is 6.54 Å². The van der Waals surface area contributed by atoms with Gasteiger partial charge in [0.1, 0.15) is 0 Å². The summed E-state index contributed by atoms with van der Waals surface area (Å²) in [5.74, 6) is -1.07. The number of nitrogen functional groups attached to an aromatic ring is 1. The highest BCUT2D eigenvalue weighted by molar-refractivity contribution is 5.86. The van der Waals surface area contributed by atoms with E-state index in [2.05, 4.69) is 10.3 Å². The fourth-order valence-corrected chi connectivity index (χ4v) is 1.57. The number of aromatic carboxylic acids is 1. The first-order valence-electron chi connectivity index (χ1n) is 5.05. The van der Waals surface area contributed by atoms with Crippen molar-refractivity contribution in [3.05, 3.63) is 41.2 Å². The van der Waals surface area contributed by atoms with Crippen LogP contribution < -0.4 is 5.73 Å². The zero-order valence-corrected chi connectivity index (χ0v) is 9.29. The lowest BCUT2D eigenvalue weighted by Crippen LogP contribution is -2.06. The van der Waals surface area contributed by atoms with Crippen LogP contribution in [0.4, 0.5) is 5.69 Å². The molecule has 6 nitrogen and oxygen atoms in total. The molecule has 88 valence electrons. The minimum Gasteiger partial charge on any atom is -0.476 e. The molecule has 0 radical (unpaired) electrons. The van der Waals surface area contributed by atoms with Gasteiger partial charge in [-0.2, -0.15) is 0 Å². The van der Waals surface area contributed by atoms with Crippen LogP contribution in [0, 0.1) is 6.92 Å². The van der Waals surface area contributed by atoms with Gasteiger partial charge in [0.15, 0.2) is 5.69 Å². The monoisotopic (exact) mass is 232 g/mol. The molecular weight excluding hydrogens is 220 g/mol. The molecule has 0 aliphatic rings. The van der Waals surface area contributed by atoms with Gasteiger partial charge in [-0.3, -0.25) is 0 Å². The molecule has 2 rings (SSSR count). The van der Waals surface area contributed by atoms with Crippen molar-refractivity contribution < 1.29 is 9.90 Å². The lowest BCUT2D eigenvalue weighted by molar-refractivity contribution is 0.0689. The highest BCUT2D eigenvalue weighted by atomic mass is 16.4. The summed E-state index contributed by atoms with van der Waals surface area (Å²) in [5, 5.41) is 16.3. The fraction of sp³-hybridized carbons (Fsp3) is 0.182. The van der Waals surface area contributed by atoms with Crippen LogP contribution in [0.3, 0.4) is 0 Å². The van der Waals surface area contributed by atoms with Gasteiger partial charge in [0.05, 0.1) is 12.2 Å². The SMILES string of the molecule is Cc1c(C(=O)O)nnn1Cc1cccc(N)c1. The maximum atomic E-state index is 10.8. The number of aromatic nitrogens is 3. The molecule has 0 aliphatic carbocycles. The zero-order chi connectivity index (χ0) is 12.4. The van der Waals surface area contributed by atoms with Crippen molar-refractivity contribution in [1.29, 1.82) is 0 Å². The van der Waals surface area contributed by atoms with Gasteiger partial charge in [-0.1, -0.05) is 17.3 Å². The van der Waals surface area contributed by atoms with Gasteiger partial charge in [-0.05, 0) is 24.6 Å². The Bertz CT molecular complexity index is 562. The number of hydrogen-bond donors (Lipinski definition) is 2. The number of nitrogens with zero attached hydrogens (tertiary/aromatic N) is 3. The van der Waals surface area contributed by atoms with E-state index in [0.717, 1.165) is 5.56 Å². The van der Waals surface area contributed by atoms with Gasteiger partial charge in [-0.15, -0.1) is 5.10 Å². The molecule has 0 atom stereocenters. The average molecular weight is 232 g/mol. The zero-order valence-electron chi connectivity index (χ0n) is 9.29. The molecule has 0 fully saturated rings. The van der Waals surface area contributed by atoms with E-state index in [9.17, 15) is 4.79 Å². The van der Waals surface area contributed by atoms with Gasteiger partial charge >= 0.3 is 5.97 Å². The number of carboxylic acid groups (broad SMARTS) is 1. The first-order valence-corrected chi connectivity index (χ1v) is 5.05. The standard InChI is InChI=1S/C11H12N4O2/c1-7-10(11(16)17)13-14-15(7)6-8-3-2-4-9(12)5-8/h2-5H,6,12H2,1H3,(H,16,17). The first-order chi connectivity index (χ1) is 8.08. The Morgan fingerprint density at radius 1 is 1.53 bits per heavy atom. The van der Waals surface area contributed by atoms with Gasteiger partial charge in [-0.25, -0.2) is 9.48 Å². The van der Waals surface area contributed by atoms with Gasteiger partial charge < -0.3 is 10.8 Å². The summed E-state index contributed by atoms with van der Waals surface area (Å²) in [7, 11) is 0. The molecule has 0 amide bonds. The molecule has 0 saturated carbocycles. The number of anilines is 1. The number of hydrogen-bond acceptors (Lipinski definition) is 4. The number of benzene rings is 1. The third-order valence-electron chi connectivity index (χ3n) is 2.47. The Labute approximate surface area is 97.7 Å². The van der Waals surface area contributed by atoms with Crippen molar-refractivity contribution in [1.82, 2.24) is 15.0 Å². The lowest BCUT2D eigenvalue weighted by Gasteiger charge is -2.04. The summed E-state index contributed by atoms with van der Waals surface area (Å²) in [6.45, 7) is 2.13. The van der Waals surface area contributed by atoms with Crippen LogP contribution in [0.2, 0.25) is 0 Å². The Hall–Kier alpha value is -2.37. The van der Waals surface area contributed by atoms with Crippen LogP contribution in [0.5, 0.6) is 0 Å². The molecule has 1 aromatic heterocycles. The second-order valence-electron chi connectivity index (χ2n) is 3.73. The van der Waals surface area contributed by atoms with E-state index < -0.39 is 5.97 Å². The quantitative estimate of drug-likeness (QED) is 0.767. The van der Waals surface area contributed by atoms with Gasteiger partial charge in [0.25, 0.3) is 0 Å². The van der Waals surface area contributed by atoms with Crippen LogP contribution in [0.25, 0.3) is 0 Å². The predicted molar refractivity (Wildman–Crippen MR) is 61.7 cm³/mol. The summed E-state index contributed by atoms with van der Waals surface area (Å²) in [4.78, 5) is 10.8. The van der Waals surface area contributed by atoms with Gasteiger partial charge in [0, 0.05) is 5.69 Å². The summed E-state index contributed by atoms with van der Waals surface area (Å²) in [6, 6.07) is 7.36. The molecular formula is C11H12N4O2. The second kappa shape index (κ2) is 4.25. The van der Waals surface area contributed by atoms with E-state index in [1.807, 2.05) is 18.2 Å². The molecule has 17 heavy (non-hydrogen) atoms. The Morgan fingerprint density at radius 2 is 2.29 bits per heavy atom. The summed E-state index contributed by atoms with van der Waals surface area (Å²) in [5.41, 5.74) is 7.79. The van der Waals surface area contributed by atoms with E-state index in [-0.39, 0.29) is 5.69 Å². The number of nitrogens with two attached hydrogens (primary N) is 1. The average Bonchev–Trinajstić information content (AvgIpc) is 2.61. The Balaban J connectivity index is 2.28. The minimum atomic E-state index is -1.07. The molecule has 1 aromatic carbocycles. The largest absolute Gasteiger partial charge is 0.476 e. The number of carbonyl (C=O) groups is 1. The molecule has 6 heteroatoms. The highest BCUT2D eigenvalue weighted by Crippen LogP contribution is 2.10. The molecule has 0 spiro atoms. The van der Waals surface area contributed by atoms with E-state index in [0.29, 0.717) is 17.9 Å². The molecule has 2 aromatic rings. The van der Waals surface area contributed by atoms with E-state index in [1.165, 1.54) is 4.68 Å². The maximum Gasteiger partial charge on any atom is 0.358 e. The van der Waals surface area contributed by atoms with Crippen molar-refractivity contribution in [2.45, 2.75) is 13.5 Å². The first kappa shape index (κ1) is 11.1. The smallest absolute Gasteiger partial charge is 0.358 e. The van der Waals surface area contributed by atoms with Crippen LogP contribution in [-0.4, -0.2) is 26.1 Å². The van der Waals surface area contributed by atoms with Crippen LogP contribution >= 0.6 is 0 Å². The topological polar surface area (TPSA) is 94.0 Å². The highest BCUT2D eigenvalue weighted by Gasteiger charge is 2.14. The predicted octanol–water partition coefficient (Wildman–Crippen LogP) is 0.915. The van der Waals surface area contributed by atoms with Crippen molar-refractivity contribution in [2.24, 2.45) is 0 Å². The molecule has 0 saturated heterocycles. The van der Waals surface area contributed by atoms with Crippen LogP contribution in [0.1, 0.15) is 21.7 Å². The van der Waals surface area contributed by atoms with Crippen LogP contribution in [0.15, 0.2) is 24.3 Å². The van der Waals surface area contributed by atoms with Crippen molar-refractivity contribution in [2.75, 3.05) is 5.73 Å². The lowest BCUT2D eigenvalue weighted by atomic mass is 10.2. The second-order valence-corrected chi connectivity index (χ2v) is 3.73. The van der Waals surface area contributed by atoms with E-state index in [1.54, 1.807) is 13.0 Å². The van der Waals surface area contributed by atoms with Crippen molar-refractivity contribution in [3.8, 4) is 0 Å².